The molecule has 0 spiro atoms. The van der Waals surface area contributed by atoms with Crippen molar-refractivity contribution in [2.24, 2.45) is 5.92 Å². The fourth-order valence-corrected chi connectivity index (χ4v) is 7.36. The fraction of sp³-hybridized carbons (Fsp3) is 0.227. The molecule has 294 valence electrons. The zero-order chi connectivity index (χ0) is 40.8. The Morgan fingerprint density at radius 1 is 0.544 bits per heavy atom. The molecule has 2 N–H and O–H groups in total. The van der Waals surface area contributed by atoms with E-state index in [9.17, 15) is 41.1 Å². The summed E-state index contributed by atoms with van der Waals surface area (Å²) in [6.45, 7) is 0.292. The third-order valence-corrected chi connectivity index (χ3v) is 10.0. The van der Waals surface area contributed by atoms with Crippen molar-refractivity contribution in [1.29, 1.82) is 0 Å². The van der Waals surface area contributed by atoms with Crippen LogP contribution in [0.15, 0.2) is 97.1 Å². The summed E-state index contributed by atoms with van der Waals surface area (Å²) in [6.07, 6.45) is -0.272. The van der Waals surface area contributed by atoms with E-state index in [1.54, 1.807) is 12.1 Å². The van der Waals surface area contributed by atoms with Gasteiger partial charge in [0, 0.05) is 31.1 Å². The Hall–Kier alpha value is -6.37. The van der Waals surface area contributed by atoms with E-state index in [0.29, 0.717) is 13.0 Å². The second kappa shape index (κ2) is 17.6. The number of rotatable bonds is 13. The summed E-state index contributed by atoms with van der Waals surface area (Å²) in [7, 11) is 0. The Morgan fingerprint density at radius 3 is 1.39 bits per heavy atom. The van der Waals surface area contributed by atoms with Crippen LogP contribution in [0.3, 0.4) is 0 Å². The Labute approximate surface area is 323 Å². The smallest absolute Gasteiger partial charge is 0.314 e. The maximum absolute atomic E-state index is 14.0. The highest BCUT2D eigenvalue weighted by Crippen LogP contribution is 2.48. The zero-order valence-corrected chi connectivity index (χ0v) is 30.2. The van der Waals surface area contributed by atoms with Gasteiger partial charge < -0.3 is 19.7 Å². The van der Waals surface area contributed by atoms with Crippen LogP contribution in [0.25, 0.3) is 22.3 Å². The number of hydrogen-bond donors (Lipinski definition) is 2. The van der Waals surface area contributed by atoms with Crippen LogP contribution in [-0.2, 0) is 23.9 Å². The van der Waals surface area contributed by atoms with E-state index in [0.717, 1.165) is 22.3 Å². The van der Waals surface area contributed by atoms with Gasteiger partial charge in [-0.05, 0) is 63.8 Å². The van der Waals surface area contributed by atoms with Crippen molar-refractivity contribution in [1.82, 2.24) is 0 Å². The first-order valence-corrected chi connectivity index (χ1v) is 18.1. The molecule has 0 saturated heterocycles. The van der Waals surface area contributed by atoms with Crippen LogP contribution in [0.5, 0.6) is 5.75 Å². The molecule has 0 aromatic heterocycles. The Kier molecular flexibility index (Phi) is 12.5. The minimum absolute atomic E-state index is 0.00946. The molecule has 13 heteroatoms. The molecule has 1 atom stereocenters. The molecule has 5 aromatic carbocycles. The minimum Gasteiger partial charge on any atom is -0.481 e. The molecule has 0 heterocycles. The number of aliphatic carboxylic acids is 2. The van der Waals surface area contributed by atoms with Crippen LogP contribution in [0.1, 0.15) is 72.6 Å². The average Bonchev–Trinajstić information content (AvgIpc) is 3.70. The summed E-state index contributed by atoms with van der Waals surface area (Å²) in [5.41, 5.74) is 8.31. The number of carboxylic acid groups (broad SMARTS) is 2. The standard InChI is InChI=1S/C25H17F5O4.C19H18O4/c26-19-20(27)22(29)24(23(30)21(19)28)34-25(33)12(9-10-18(31)32)11-17-15-7-3-1-5-13(15)14-6-2-4-8-16(14)17;20-18(21)10-5-11-19(22)23-12-17-15-8-3-1-6-13(15)14-7-2-4-9-16(14)17/h1-8,12,17H,9-11H2,(H,31,32);1-4,6-9,17H,5,10-12H2,(H,20,21). The van der Waals surface area contributed by atoms with Gasteiger partial charge >= 0.3 is 23.9 Å². The van der Waals surface area contributed by atoms with Crippen molar-refractivity contribution >= 4 is 23.9 Å². The number of fused-ring (bicyclic) bond motifs is 6. The number of ether oxygens (including phenoxy) is 2. The Bertz CT molecular complexity index is 2220. The van der Waals surface area contributed by atoms with Gasteiger partial charge in [0.15, 0.2) is 0 Å². The van der Waals surface area contributed by atoms with Crippen LogP contribution >= 0.6 is 0 Å². The maximum atomic E-state index is 14.0. The first-order valence-electron chi connectivity index (χ1n) is 18.1. The molecule has 2 aliphatic carbocycles. The van der Waals surface area contributed by atoms with Crippen molar-refractivity contribution in [2.75, 3.05) is 6.61 Å². The molecule has 0 bridgehead atoms. The molecule has 7 rings (SSSR count). The summed E-state index contributed by atoms with van der Waals surface area (Å²) >= 11 is 0. The molecule has 0 fully saturated rings. The van der Waals surface area contributed by atoms with E-state index in [1.165, 1.54) is 22.3 Å². The monoisotopic (exact) mass is 786 g/mol. The molecule has 2 aliphatic rings. The van der Waals surface area contributed by atoms with Crippen LogP contribution in [0.2, 0.25) is 0 Å². The normalized spacial score (nSPS) is 13.0. The van der Waals surface area contributed by atoms with Gasteiger partial charge in [-0.3, -0.25) is 19.2 Å². The molecule has 0 aliphatic heterocycles. The minimum atomic E-state index is -2.38. The van der Waals surface area contributed by atoms with Crippen molar-refractivity contribution < 1.29 is 60.8 Å². The number of carbonyl (C=O) groups is 4. The van der Waals surface area contributed by atoms with Crippen molar-refractivity contribution in [3.05, 3.63) is 148 Å². The number of halogens is 5. The first kappa shape index (κ1) is 40.3. The lowest BCUT2D eigenvalue weighted by molar-refractivity contribution is -0.145. The molecular formula is C44H35F5O8. The van der Waals surface area contributed by atoms with E-state index in [1.807, 2.05) is 60.7 Å². The van der Waals surface area contributed by atoms with E-state index < -0.39 is 65.1 Å². The third kappa shape index (κ3) is 8.72. The number of esters is 2. The van der Waals surface area contributed by atoms with Gasteiger partial charge in [0.1, 0.15) is 6.61 Å². The molecule has 0 saturated carbocycles. The van der Waals surface area contributed by atoms with Crippen molar-refractivity contribution in [2.45, 2.75) is 50.4 Å². The van der Waals surface area contributed by atoms with Gasteiger partial charge in [-0.2, -0.15) is 8.78 Å². The lowest BCUT2D eigenvalue weighted by Gasteiger charge is -2.21. The molecule has 57 heavy (non-hydrogen) atoms. The van der Waals surface area contributed by atoms with Gasteiger partial charge in [-0.15, -0.1) is 0 Å². The van der Waals surface area contributed by atoms with E-state index in [2.05, 4.69) is 29.0 Å². The predicted molar refractivity (Wildman–Crippen MR) is 197 cm³/mol. The van der Waals surface area contributed by atoms with Gasteiger partial charge in [0.2, 0.25) is 34.8 Å². The predicted octanol–water partition coefficient (Wildman–Crippen LogP) is 9.57. The van der Waals surface area contributed by atoms with E-state index >= 15 is 0 Å². The second-order valence-corrected chi connectivity index (χ2v) is 13.6. The van der Waals surface area contributed by atoms with E-state index in [-0.39, 0.29) is 43.5 Å². The highest BCUT2D eigenvalue weighted by Gasteiger charge is 2.36. The van der Waals surface area contributed by atoms with Crippen LogP contribution in [-0.4, -0.2) is 40.7 Å². The van der Waals surface area contributed by atoms with Gasteiger partial charge in [0.05, 0.1) is 5.92 Å². The second-order valence-electron chi connectivity index (χ2n) is 13.6. The van der Waals surface area contributed by atoms with Gasteiger partial charge in [0.25, 0.3) is 0 Å². The van der Waals surface area contributed by atoms with Crippen LogP contribution in [0, 0.1) is 35.0 Å². The van der Waals surface area contributed by atoms with Crippen molar-refractivity contribution in [3.8, 4) is 28.0 Å². The number of hydrogen-bond acceptors (Lipinski definition) is 6. The number of carboxylic acids is 2. The van der Waals surface area contributed by atoms with E-state index in [4.69, 9.17) is 14.9 Å². The highest BCUT2D eigenvalue weighted by molar-refractivity contribution is 5.81. The zero-order valence-electron chi connectivity index (χ0n) is 30.2. The Balaban J connectivity index is 0.000000208. The summed E-state index contributed by atoms with van der Waals surface area (Å²) in [6, 6.07) is 31.1. The summed E-state index contributed by atoms with van der Waals surface area (Å²) in [5.74, 6) is -18.4. The van der Waals surface area contributed by atoms with Gasteiger partial charge in [-0.1, -0.05) is 97.1 Å². The lowest BCUT2D eigenvalue weighted by atomic mass is 9.85. The van der Waals surface area contributed by atoms with Crippen LogP contribution in [0.4, 0.5) is 22.0 Å². The average molecular weight is 787 g/mol. The largest absolute Gasteiger partial charge is 0.481 e. The van der Waals surface area contributed by atoms with Crippen LogP contribution < -0.4 is 4.74 Å². The topological polar surface area (TPSA) is 127 Å². The molecule has 0 radical (unpaired) electrons. The molecule has 5 aromatic rings. The molecule has 0 amide bonds. The summed E-state index contributed by atoms with van der Waals surface area (Å²) in [4.78, 5) is 46.3. The third-order valence-electron chi connectivity index (χ3n) is 10.0. The fourth-order valence-electron chi connectivity index (χ4n) is 7.36. The molecule has 1 unspecified atom stereocenters. The van der Waals surface area contributed by atoms with Gasteiger partial charge in [-0.25, -0.2) is 13.2 Å². The maximum Gasteiger partial charge on any atom is 0.314 e. The molecule has 8 nitrogen and oxygen atoms in total. The first-order chi connectivity index (χ1) is 27.4. The van der Waals surface area contributed by atoms with Crippen molar-refractivity contribution in [3.63, 3.8) is 0 Å². The highest BCUT2D eigenvalue weighted by atomic mass is 19.2. The SMILES string of the molecule is O=C(O)CCC(CC1c2ccccc2-c2ccccc21)C(=O)Oc1c(F)c(F)c(F)c(F)c1F.O=C(O)CCCC(=O)OCC1c2ccccc2-c2ccccc21. The lowest BCUT2D eigenvalue weighted by Crippen LogP contribution is -2.25. The summed E-state index contributed by atoms with van der Waals surface area (Å²) < 4.78 is 78.5. The number of carbonyl (C=O) groups excluding carboxylic acids is 2. The quantitative estimate of drug-likeness (QED) is 0.0397. The number of benzene rings is 5. The molecular weight excluding hydrogens is 751 g/mol. The summed E-state index contributed by atoms with van der Waals surface area (Å²) in [5, 5.41) is 17.7. The Morgan fingerprint density at radius 2 is 0.947 bits per heavy atom.